The molecule has 45 heavy (non-hydrogen) atoms. The first kappa shape index (κ1) is 33.6. The van der Waals surface area contributed by atoms with E-state index in [1.54, 1.807) is 11.4 Å². The van der Waals surface area contributed by atoms with E-state index in [4.69, 9.17) is 16.4 Å². The number of alkyl halides is 8. The average molecular weight is 666 g/mol. The molecule has 0 saturated heterocycles. The van der Waals surface area contributed by atoms with Crippen molar-refractivity contribution < 1.29 is 53.9 Å². The van der Waals surface area contributed by atoms with Gasteiger partial charge in [0.15, 0.2) is 0 Å². The van der Waals surface area contributed by atoms with Gasteiger partial charge in [-0.15, -0.1) is 0 Å². The van der Waals surface area contributed by atoms with Crippen LogP contribution >= 0.6 is 11.6 Å². The molecule has 0 fully saturated rings. The molecule has 0 spiro atoms. The molecular formula is C29H21ClF9N3O3. The average Bonchev–Trinajstić information content (AvgIpc) is 3.42. The molecule has 0 aliphatic carbocycles. The minimum atomic E-state index is -5.04. The number of para-hydroxylation sites is 1. The van der Waals surface area contributed by atoms with Gasteiger partial charge in [-0.1, -0.05) is 41.0 Å². The van der Waals surface area contributed by atoms with Crippen LogP contribution < -0.4 is 10.2 Å². The van der Waals surface area contributed by atoms with E-state index in [0.717, 1.165) is 4.90 Å². The fraction of sp³-hybridized carbons (Fsp3) is 0.276. The van der Waals surface area contributed by atoms with Crippen LogP contribution in [0, 0.1) is 12.7 Å². The van der Waals surface area contributed by atoms with E-state index in [9.17, 15) is 49.1 Å². The number of anilines is 1. The van der Waals surface area contributed by atoms with Crippen LogP contribution in [0.15, 0.2) is 65.8 Å². The number of hydrogen-bond acceptors (Lipinski definition) is 4. The fourth-order valence-corrected chi connectivity index (χ4v) is 4.78. The van der Waals surface area contributed by atoms with Gasteiger partial charge in [0.05, 0.1) is 16.3 Å². The van der Waals surface area contributed by atoms with E-state index in [-0.39, 0.29) is 40.2 Å². The lowest BCUT2D eigenvalue weighted by Gasteiger charge is -2.27. The Bertz CT molecular complexity index is 1630. The minimum absolute atomic E-state index is 0.0263. The van der Waals surface area contributed by atoms with Crippen molar-refractivity contribution in [2.24, 2.45) is 5.16 Å². The number of benzene rings is 3. The van der Waals surface area contributed by atoms with Crippen molar-refractivity contribution >= 4 is 34.8 Å². The van der Waals surface area contributed by atoms with Gasteiger partial charge in [-0.2, -0.15) is 26.3 Å². The number of aryl methyl sites for hydroxylation is 1. The molecular weight excluding hydrogens is 645 g/mol. The lowest BCUT2D eigenvalue weighted by atomic mass is 9.85. The van der Waals surface area contributed by atoms with Crippen molar-refractivity contribution in [3.63, 3.8) is 0 Å². The zero-order chi connectivity index (χ0) is 33.3. The third-order valence-electron chi connectivity index (χ3n) is 6.80. The predicted octanol–water partition coefficient (Wildman–Crippen LogP) is 7.42. The standard InChI is InChI=1S/C29H21ClF9N3O3/c1-15-9-16(22-12-27(26(32)33,45-41-22)20-10-17(29(37,38)39)11-21(30)24(20)31)7-8-19(15)25(44)42(18-5-3-2-4-6-18)13-23(43)40-14-28(34,35)36/h2-11,26H,12-14H2,1H3,(H,40,43). The summed E-state index contributed by atoms with van der Waals surface area (Å²) in [6.45, 7) is -0.952. The lowest BCUT2D eigenvalue weighted by molar-refractivity contribution is -0.140. The van der Waals surface area contributed by atoms with Crippen molar-refractivity contribution in [2.75, 3.05) is 18.0 Å². The molecule has 3 aromatic carbocycles. The van der Waals surface area contributed by atoms with E-state index >= 15 is 0 Å². The quantitative estimate of drug-likeness (QED) is 0.255. The van der Waals surface area contributed by atoms with E-state index in [1.807, 2.05) is 0 Å². The Hall–Kier alpha value is -4.27. The number of oxime groups is 1. The first-order chi connectivity index (χ1) is 20.9. The summed E-state index contributed by atoms with van der Waals surface area (Å²) in [5.74, 6) is -3.43. The molecule has 1 N–H and O–H groups in total. The smallest absolute Gasteiger partial charge is 0.377 e. The summed E-state index contributed by atoms with van der Waals surface area (Å²) in [7, 11) is 0. The highest BCUT2D eigenvalue weighted by Crippen LogP contribution is 2.46. The van der Waals surface area contributed by atoms with E-state index in [0.29, 0.717) is 0 Å². The normalized spacial score (nSPS) is 16.8. The van der Waals surface area contributed by atoms with Gasteiger partial charge in [-0.05, 0) is 54.4 Å². The highest BCUT2D eigenvalue weighted by molar-refractivity contribution is 6.30. The summed E-state index contributed by atoms with van der Waals surface area (Å²) < 4.78 is 122. The highest BCUT2D eigenvalue weighted by atomic mass is 35.5. The molecule has 0 bridgehead atoms. The van der Waals surface area contributed by atoms with Gasteiger partial charge in [0.25, 0.3) is 12.3 Å². The van der Waals surface area contributed by atoms with E-state index in [1.165, 1.54) is 49.4 Å². The van der Waals surface area contributed by atoms with Gasteiger partial charge < -0.3 is 10.2 Å². The van der Waals surface area contributed by atoms with Crippen molar-refractivity contribution in [1.29, 1.82) is 0 Å². The molecule has 240 valence electrons. The summed E-state index contributed by atoms with van der Waals surface area (Å²) in [6.07, 6.45) is -14.2. The maximum atomic E-state index is 14.9. The molecule has 3 aromatic rings. The van der Waals surface area contributed by atoms with Crippen LogP contribution in [0.4, 0.5) is 45.2 Å². The minimum Gasteiger partial charge on any atom is -0.377 e. The van der Waals surface area contributed by atoms with Crippen LogP contribution in [-0.4, -0.2) is 43.2 Å². The maximum absolute atomic E-state index is 14.9. The van der Waals surface area contributed by atoms with Gasteiger partial charge in [0, 0.05) is 23.2 Å². The summed E-state index contributed by atoms with van der Waals surface area (Å²) in [6, 6.07) is 11.8. The molecule has 1 unspecified atom stereocenters. The summed E-state index contributed by atoms with van der Waals surface area (Å²) in [4.78, 5) is 31.7. The number of halogens is 10. The van der Waals surface area contributed by atoms with Gasteiger partial charge in [-0.25, -0.2) is 13.2 Å². The number of carbonyl (C=O) groups is 2. The number of carbonyl (C=O) groups excluding carboxylic acids is 2. The molecule has 16 heteroatoms. The van der Waals surface area contributed by atoms with Crippen molar-refractivity contribution in [3.05, 3.63) is 99.3 Å². The summed E-state index contributed by atoms with van der Waals surface area (Å²) in [5, 5.41) is 4.25. The first-order valence-corrected chi connectivity index (χ1v) is 13.2. The lowest BCUT2D eigenvalue weighted by Crippen LogP contribution is -2.43. The van der Waals surface area contributed by atoms with Crippen LogP contribution in [0.25, 0.3) is 0 Å². The molecule has 1 heterocycles. The largest absolute Gasteiger partial charge is 0.416 e. The predicted molar refractivity (Wildman–Crippen MR) is 145 cm³/mol. The van der Waals surface area contributed by atoms with Crippen LogP contribution in [0.1, 0.15) is 39.0 Å². The Kier molecular flexibility index (Phi) is 9.43. The van der Waals surface area contributed by atoms with E-state index in [2.05, 4.69) is 5.16 Å². The van der Waals surface area contributed by atoms with Crippen LogP contribution in [0.2, 0.25) is 5.02 Å². The number of nitrogens with zero attached hydrogens (tertiary/aromatic N) is 2. The SMILES string of the molecule is Cc1cc(C2=NOC(c3cc(C(F)(F)F)cc(Cl)c3F)(C(F)F)C2)ccc1C(=O)N(CC(=O)NCC(F)(F)F)c1ccccc1. The molecule has 4 rings (SSSR count). The molecule has 0 radical (unpaired) electrons. The van der Waals surface area contributed by atoms with Crippen molar-refractivity contribution in [1.82, 2.24) is 5.32 Å². The topological polar surface area (TPSA) is 71.0 Å². The third kappa shape index (κ3) is 7.35. The monoisotopic (exact) mass is 665 g/mol. The zero-order valence-corrected chi connectivity index (χ0v) is 23.6. The second-order valence-electron chi connectivity index (χ2n) is 9.96. The summed E-state index contributed by atoms with van der Waals surface area (Å²) in [5.41, 5.74) is -5.33. The Balaban J connectivity index is 1.63. The number of hydrogen-bond donors (Lipinski definition) is 1. The first-order valence-electron chi connectivity index (χ1n) is 12.8. The Morgan fingerprint density at radius 3 is 2.29 bits per heavy atom. The zero-order valence-electron chi connectivity index (χ0n) is 22.9. The maximum Gasteiger partial charge on any atom is 0.416 e. The second-order valence-corrected chi connectivity index (χ2v) is 10.4. The van der Waals surface area contributed by atoms with Crippen LogP contribution in [0.5, 0.6) is 0 Å². The van der Waals surface area contributed by atoms with Crippen molar-refractivity contribution in [3.8, 4) is 0 Å². The van der Waals surface area contributed by atoms with Crippen molar-refractivity contribution in [2.45, 2.75) is 37.7 Å². The van der Waals surface area contributed by atoms with Crippen LogP contribution in [-0.2, 0) is 21.4 Å². The van der Waals surface area contributed by atoms with Gasteiger partial charge in [-0.3, -0.25) is 14.5 Å². The second kappa shape index (κ2) is 12.6. The van der Waals surface area contributed by atoms with Gasteiger partial charge in [0.2, 0.25) is 11.5 Å². The van der Waals surface area contributed by atoms with Crippen LogP contribution in [0.3, 0.4) is 0 Å². The molecule has 1 aliphatic heterocycles. The molecule has 1 atom stereocenters. The fourth-order valence-electron chi connectivity index (χ4n) is 4.56. The molecule has 6 nitrogen and oxygen atoms in total. The summed E-state index contributed by atoms with van der Waals surface area (Å²) >= 11 is 5.61. The number of rotatable bonds is 8. The van der Waals surface area contributed by atoms with E-state index < -0.39 is 77.7 Å². The Labute approximate surface area is 254 Å². The molecule has 0 saturated carbocycles. The number of nitrogens with one attached hydrogen (secondary N) is 1. The third-order valence-corrected chi connectivity index (χ3v) is 7.08. The molecule has 1 aliphatic rings. The molecule has 0 aromatic heterocycles. The molecule has 2 amide bonds. The van der Waals surface area contributed by atoms with Gasteiger partial charge >= 0.3 is 12.4 Å². The number of amides is 2. The van der Waals surface area contributed by atoms with Gasteiger partial charge in [0.1, 0.15) is 18.9 Å². The Morgan fingerprint density at radius 1 is 1.04 bits per heavy atom. The highest BCUT2D eigenvalue weighted by Gasteiger charge is 2.52. The Morgan fingerprint density at radius 2 is 1.71 bits per heavy atom.